The second-order valence-corrected chi connectivity index (χ2v) is 3.22. The number of imidazole rings is 1. The molecule has 3 rings (SSSR count). The van der Waals surface area contributed by atoms with Crippen LogP contribution in [0.2, 0.25) is 0 Å². The van der Waals surface area contributed by atoms with Crippen molar-refractivity contribution in [3.05, 3.63) is 41.6 Å². The molecule has 2 aromatic rings. The van der Waals surface area contributed by atoms with E-state index in [1.54, 1.807) is 0 Å². The third kappa shape index (κ3) is 1.12. The molecule has 0 radical (unpaired) electrons. The van der Waals surface area contributed by atoms with E-state index >= 15 is 0 Å². The SMILES string of the molecule is c1ccc(Cc2[nH]c3nc2N=N3)cc1. The molecule has 1 aromatic carbocycles. The first-order valence-corrected chi connectivity index (χ1v) is 4.46. The maximum Gasteiger partial charge on any atom is 0.249 e. The minimum atomic E-state index is 0.617. The van der Waals surface area contributed by atoms with Gasteiger partial charge in [-0.25, -0.2) is 0 Å². The zero-order valence-electron chi connectivity index (χ0n) is 7.44. The molecule has 0 aliphatic carbocycles. The van der Waals surface area contributed by atoms with Gasteiger partial charge in [-0.2, -0.15) is 4.98 Å². The van der Waals surface area contributed by atoms with Crippen molar-refractivity contribution in [2.75, 3.05) is 0 Å². The fraction of sp³-hybridized carbons (Fsp3) is 0.100. The molecule has 0 amide bonds. The van der Waals surface area contributed by atoms with Gasteiger partial charge < -0.3 is 4.98 Å². The molecule has 2 bridgehead atoms. The molecule has 0 atom stereocenters. The van der Waals surface area contributed by atoms with E-state index in [-0.39, 0.29) is 0 Å². The number of hydrogen-bond acceptors (Lipinski definition) is 3. The quantitative estimate of drug-likeness (QED) is 0.654. The average Bonchev–Trinajstić information content (AvgIpc) is 2.81. The van der Waals surface area contributed by atoms with E-state index in [1.165, 1.54) is 5.56 Å². The number of aromatic amines is 1. The Morgan fingerprint density at radius 2 is 1.93 bits per heavy atom. The van der Waals surface area contributed by atoms with Crippen LogP contribution in [-0.4, -0.2) is 9.97 Å². The molecule has 14 heavy (non-hydrogen) atoms. The average molecular weight is 184 g/mol. The molecule has 1 aromatic heterocycles. The van der Waals surface area contributed by atoms with Gasteiger partial charge in [0.05, 0.1) is 5.69 Å². The fourth-order valence-corrected chi connectivity index (χ4v) is 1.53. The molecule has 0 unspecified atom stereocenters. The molecule has 1 aliphatic rings. The summed E-state index contributed by atoms with van der Waals surface area (Å²) in [5.74, 6) is 1.34. The van der Waals surface area contributed by atoms with Gasteiger partial charge in [0.15, 0.2) is 5.82 Å². The Hall–Kier alpha value is -1.97. The fourth-order valence-electron chi connectivity index (χ4n) is 1.53. The van der Waals surface area contributed by atoms with E-state index in [0.717, 1.165) is 17.9 Å². The largest absolute Gasteiger partial charge is 0.323 e. The Morgan fingerprint density at radius 3 is 2.57 bits per heavy atom. The highest BCUT2D eigenvalue weighted by atomic mass is 15.3. The molecule has 0 saturated heterocycles. The van der Waals surface area contributed by atoms with E-state index in [9.17, 15) is 0 Å². The lowest BCUT2D eigenvalue weighted by Crippen LogP contribution is -1.88. The molecule has 68 valence electrons. The summed E-state index contributed by atoms with van der Waals surface area (Å²) in [4.78, 5) is 7.24. The first-order chi connectivity index (χ1) is 6.92. The Bertz CT molecular complexity index is 484. The van der Waals surface area contributed by atoms with Gasteiger partial charge in [0.25, 0.3) is 0 Å². The maximum atomic E-state index is 4.13. The number of nitrogens with one attached hydrogen (secondary N) is 1. The zero-order chi connectivity index (χ0) is 9.38. The lowest BCUT2D eigenvalue weighted by Gasteiger charge is -1.99. The molecule has 2 heterocycles. The summed E-state index contributed by atoms with van der Waals surface area (Å²) in [6.45, 7) is 0. The van der Waals surface area contributed by atoms with Crippen LogP contribution < -0.4 is 0 Å². The van der Waals surface area contributed by atoms with E-state index in [4.69, 9.17) is 0 Å². The van der Waals surface area contributed by atoms with Gasteiger partial charge in [0.1, 0.15) is 0 Å². The van der Waals surface area contributed by atoms with Crippen LogP contribution in [0.5, 0.6) is 0 Å². The van der Waals surface area contributed by atoms with Crippen molar-refractivity contribution in [1.82, 2.24) is 9.97 Å². The lowest BCUT2D eigenvalue weighted by molar-refractivity contribution is 1.04. The van der Waals surface area contributed by atoms with Crippen LogP contribution >= 0.6 is 0 Å². The van der Waals surface area contributed by atoms with Crippen LogP contribution in [0.4, 0.5) is 11.8 Å². The third-order valence-electron chi connectivity index (χ3n) is 2.21. The van der Waals surface area contributed by atoms with Crippen molar-refractivity contribution >= 4 is 11.8 Å². The number of hydrogen-bond donors (Lipinski definition) is 1. The Morgan fingerprint density at radius 1 is 1.07 bits per heavy atom. The summed E-state index contributed by atoms with van der Waals surface area (Å²) in [7, 11) is 0. The van der Waals surface area contributed by atoms with Crippen molar-refractivity contribution in [2.24, 2.45) is 10.2 Å². The highest BCUT2D eigenvalue weighted by molar-refractivity contribution is 5.46. The number of aromatic nitrogens is 2. The molecule has 1 N–H and O–H groups in total. The number of rotatable bonds is 2. The second kappa shape index (κ2) is 2.77. The zero-order valence-corrected chi connectivity index (χ0v) is 7.44. The Balaban J connectivity index is 1.91. The van der Waals surface area contributed by atoms with Gasteiger partial charge in [0, 0.05) is 6.42 Å². The van der Waals surface area contributed by atoms with Crippen molar-refractivity contribution in [1.29, 1.82) is 0 Å². The standard InChI is InChI=1S/C10H8N4/c1-2-4-7(5-3-1)6-8-9-12-10(11-8)14-13-9/h1-5H,6H2,(H,11,12,13,14). The number of nitrogens with zero attached hydrogens (tertiary/aromatic N) is 3. The number of fused-ring (bicyclic) bond motifs is 2. The summed E-state index contributed by atoms with van der Waals surface area (Å²) in [6, 6.07) is 10.2. The summed E-state index contributed by atoms with van der Waals surface area (Å²) >= 11 is 0. The van der Waals surface area contributed by atoms with Crippen LogP contribution in [-0.2, 0) is 6.42 Å². The smallest absolute Gasteiger partial charge is 0.249 e. The highest BCUT2D eigenvalue weighted by Gasteiger charge is 2.14. The summed E-state index contributed by atoms with van der Waals surface area (Å²) in [6.07, 6.45) is 0.836. The Labute approximate surface area is 80.7 Å². The van der Waals surface area contributed by atoms with Gasteiger partial charge in [-0.1, -0.05) is 30.3 Å². The van der Waals surface area contributed by atoms with Gasteiger partial charge in [0.2, 0.25) is 5.95 Å². The minimum absolute atomic E-state index is 0.617. The second-order valence-electron chi connectivity index (χ2n) is 3.22. The summed E-state index contributed by atoms with van der Waals surface area (Å²) in [5, 5.41) is 7.72. The lowest BCUT2D eigenvalue weighted by atomic mass is 10.1. The number of H-pyrrole nitrogens is 1. The van der Waals surface area contributed by atoms with Crippen molar-refractivity contribution in [3.8, 4) is 0 Å². The van der Waals surface area contributed by atoms with E-state index in [0.29, 0.717) is 5.95 Å². The minimum Gasteiger partial charge on any atom is -0.323 e. The van der Waals surface area contributed by atoms with Crippen LogP contribution in [0.25, 0.3) is 0 Å². The van der Waals surface area contributed by atoms with Gasteiger partial charge in [-0.3, -0.25) is 0 Å². The van der Waals surface area contributed by atoms with Crippen LogP contribution in [0.1, 0.15) is 11.3 Å². The third-order valence-corrected chi connectivity index (χ3v) is 2.21. The van der Waals surface area contributed by atoms with Crippen molar-refractivity contribution in [2.45, 2.75) is 6.42 Å². The molecule has 0 spiro atoms. The molecular weight excluding hydrogens is 176 g/mol. The molecule has 4 nitrogen and oxygen atoms in total. The molecule has 4 heteroatoms. The van der Waals surface area contributed by atoms with Crippen LogP contribution in [0.3, 0.4) is 0 Å². The monoisotopic (exact) mass is 184 g/mol. The van der Waals surface area contributed by atoms with E-state index in [2.05, 4.69) is 32.3 Å². The summed E-state index contributed by atoms with van der Waals surface area (Å²) in [5.41, 5.74) is 2.29. The van der Waals surface area contributed by atoms with Crippen LogP contribution in [0.15, 0.2) is 40.6 Å². The molecule has 0 fully saturated rings. The topological polar surface area (TPSA) is 53.4 Å². The molecular formula is C10H8N4. The van der Waals surface area contributed by atoms with Crippen molar-refractivity contribution in [3.63, 3.8) is 0 Å². The predicted molar refractivity (Wildman–Crippen MR) is 52.0 cm³/mol. The van der Waals surface area contributed by atoms with Crippen LogP contribution in [0, 0.1) is 0 Å². The first-order valence-electron chi connectivity index (χ1n) is 4.46. The molecule has 0 saturated carbocycles. The van der Waals surface area contributed by atoms with E-state index < -0.39 is 0 Å². The van der Waals surface area contributed by atoms with Crippen molar-refractivity contribution < 1.29 is 0 Å². The van der Waals surface area contributed by atoms with Gasteiger partial charge in [-0.15, -0.1) is 10.2 Å². The Kier molecular flexibility index (Phi) is 1.47. The number of benzene rings is 1. The normalized spacial score (nSPS) is 12.3. The highest BCUT2D eigenvalue weighted by Crippen LogP contribution is 2.29. The van der Waals surface area contributed by atoms with Gasteiger partial charge >= 0.3 is 0 Å². The first kappa shape index (κ1) is 7.44. The van der Waals surface area contributed by atoms with E-state index in [1.807, 2.05) is 18.2 Å². The summed E-state index contributed by atoms with van der Waals surface area (Å²) < 4.78 is 0. The maximum absolute atomic E-state index is 4.13. The number of azo groups is 1. The van der Waals surface area contributed by atoms with Gasteiger partial charge in [-0.05, 0) is 5.56 Å². The predicted octanol–water partition coefficient (Wildman–Crippen LogP) is 2.73. The molecule has 1 aliphatic heterocycles.